The maximum Gasteiger partial charge on any atom is 0.227 e. The molecule has 0 saturated carbocycles. The summed E-state index contributed by atoms with van der Waals surface area (Å²) in [7, 11) is 0. The number of unbranched alkanes of at least 4 members (excludes halogenated alkanes) is 8. The Kier molecular flexibility index (Phi) is 8.20. The van der Waals surface area contributed by atoms with Gasteiger partial charge in [0, 0.05) is 31.1 Å². The predicted octanol–water partition coefficient (Wildman–Crippen LogP) is 7.40. The van der Waals surface area contributed by atoms with Crippen LogP contribution in [0.2, 0.25) is 0 Å². The second-order valence-electron chi connectivity index (χ2n) is 9.68. The highest BCUT2D eigenvalue weighted by molar-refractivity contribution is 5.96. The predicted molar refractivity (Wildman–Crippen MR) is 138 cm³/mol. The summed E-state index contributed by atoms with van der Waals surface area (Å²) in [6.45, 7) is 6.05. The van der Waals surface area contributed by atoms with Crippen molar-refractivity contribution < 1.29 is 4.79 Å². The van der Waals surface area contributed by atoms with Crippen LogP contribution >= 0.6 is 0 Å². The zero-order chi connectivity index (χ0) is 23.0. The number of anilines is 1. The van der Waals surface area contributed by atoms with Gasteiger partial charge in [0.15, 0.2) is 0 Å². The van der Waals surface area contributed by atoms with Crippen LogP contribution in [0.3, 0.4) is 0 Å². The standard InChI is InChI=1S/C29H39N3O/c1-3-4-5-6-7-8-9-10-13-19-31-27-18-12-11-17-26(27)30-29(31)24-21-28(33)32(22-24)25-16-14-15-23(2)20-25/h11-12,14-18,20,24H,3-10,13,19,21-22H2,1-2H3/t24-/m0/s1. The van der Waals surface area contributed by atoms with Gasteiger partial charge in [-0.15, -0.1) is 0 Å². The summed E-state index contributed by atoms with van der Waals surface area (Å²) in [5.74, 6) is 1.43. The zero-order valence-electron chi connectivity index (χ0n) is 20.4. The number of carbonyl (C=O) groups excluding carboxylic acids is 1. The molecule has 0 aliphatic carbocycles. The Morgan fingerprint density at radius 2 is 1.64 bits per heavy atom. The van der Waals surface area contributed by atoms with E-state index in [-0.39, 0.29) is 11.8 Å². The highest BCUT2D eigenvalue weighted by Crippen LogP contribution is 2.33. The molecule has 2 heterocycles. The number of aromatic nitrogens is 2. The van der Waals surface area contributed by atoms with Crippen LogP contribution in [0.4, 0.5) is 5.69 Å². The minimum Gasteiger partial charge on any atom is -0.328 e. The maximum absolute atomic E-state index is 12.9. The van der Waals surface area contributed by atoms with Gasteiger partial charge in [0.1, 0.15) is 5.82 Å². The molecule has 0 radical (unpaired) electrons. The van der Waals surface area contributed by atoms with Gasteiger partial charge in [0.05, 0.1) is 11.0 Å². The molecule has 4 rings (SSSR count). The van der Waals surface area contributed by atoms with Crippen LogP contribution < -0.4 is 4.90 Å². The Labute approximate surface area is 199 Å². The summed E-state index contributed by atoms with van der Waals surface area (Å²) in [5, 5.41) is 0. The van der Waals surface area contributed by atoms with Crippen molar-refractivity contribution in [1.82, 2.24) is 9.55 Å². The van der Waals surface area contributed by atoms with Gasteiger partial charge >= 0.3 is 0 Å². The van der Waals surface area contributed by atoms with Crippen molar-refractivity contribution in [2.24, 2.45) is 0 Å². The number of fused-ring (bicyclic) bond motifs is 1. The number of aryl methyl sites for hydroxylation is 2. The van der Waals surface area contributed by atoms with Crippen molar-refractivity contribution in [1.29, 1.82) is 0 Å². The van der Waals surface area contributed by atoms with Crippen LogP contribution in [0.5, 0.6) is 0 Å². The zero-order valence-corrected chi connectivity index (χ0v) is 20.4. The second-order valence-corrected chi connectivity index (χ2v) is 9.68. The molecule has 33 heavy (non-hydrogen) atoms. The van der Waals surface area contributed by atoms with Gasteiger partial charge in [-0.05, 0) is 43.2 Å². The molecule has 2 aromatic carbocycles. The fraction of sp³-hybridized carbons (Fsp3) is 0.517. The third kappa shape index (κ3) is 5.85. The molecular weight excluding hydrogens is 406 g/mol. The summed E-state index contributed by atoms with van der Waals surface area (Å²) < 4.78 is 2.40. The van der Waals surface area contributed by atoms with Crippen molar-refractivity contribution >= 4 is 22.6 Å². The van der Waals surface area contributed by atoms with Gasteiger partial charge in [-0.25, -0.2) is 4.98 Å². The van der Waals surface area contributed by atoms with Crippen LogP contribution in [-0.4, -0.2) is 22.0 Å². The molecular formula is C29H39N3O. The van der Waals surface area contributed by atoms with Gasteiger partial charge in [-0.3, -0.25) is 4.79 Å². The Morgan fingerprint density at radius 1 is 0.909 bits per heavy atom. The number of carbonyl (C=O) groups is 1. The fourth-order valence-corrected chi connectivity index (χ4v) is 5.15. The monoisotopic (exact) mass is 445 g/mol. The Bertz CT molecular complexity index is 1050. The van der Waals surface area contributed by atoms with Crippen LogP contribution in [0.1, 0.15) is 88.4 Å². The van der Waals surface area contributed by atoms with E-state index in [1.165, 1.54) is 68.9 Å². The van der Waals surface area contributed by atoms with Crippen LogP contribution in [0, 0.1) is 6.92 Å². The van der Waals surface area contributed by atoms with Crippen molar-refractivity contribution in [3.8, 4) is 0 Å². The van der Waals surface area contributed by atoms with E-state index < -0.39 is 0 Å². The van der Waals surface area contributed by atoms with Gasteiger partial charge in [-0.2, -0.15) is 0 Å². The second kappa shape index (κ2) is 11.5. The number of hydrogen-bond donors (Lipinski definition) is 0. The molecule has 0 bridgehead atoms. The highest BCUT2D eigenvalue weighted by Gasteiger charge is 2.34. The Morgan fingerprint density at radius 3 is 2.39 bits per heavy atom. The SMILES string of the molecule is CCCCCCCCCCCn1c([C@H]2CC(=O)N(c3cccc(C)c3)C2)nc2ccccc21. The molecule has 1 aromatic heterocycles. The van der Waals surface area contributed by atoms with Gasteiger partial charge in [0.2, 0.25) is 5.91 Å². The van der Waals surface area contributed by atoms with E-state index in [1.54, 1.807) is 0 Å². The van der Waals surface area contributed by atoms with E-state index in [4.69, 9.17) is 4.98 Å². The molecule has 0 N–H and O–H groups in total. The smallest absolute Gasteiger partial charge is 0.227 e. The molecule has 1 aliphatic rings. The van der Waals surface area contributed by atoms with E-state index in [1.807, 2.05) is 17.0 Å². The fourth-order valence-electron chi connectivity index (χ4n) is 5.15. The molecule has 1 amide bonds. The van der Waals surface area contributed by atoms with E-state index in [2.05, 4.69) is 54.8 Å². The lowest BCUT2D eigenvalue weighted by molar-refractivity contribution is -0.117. The Balaban J connectivity index is 1.41. The number of benzene rings is 2. The lowest BCUT2D eigenvalue weighted by Gasteiger charge is -2.18. The summed E-state index contributed by atoms with van der Waals surface area (Å²) in [4.78, 5) is 19.9. The van der Waals surface area contributed by atoms with Crippen LogP contribution in [0.25, 0.3) is 11.0 Å². The largest absolute Gasteiger partial charge is 0.328 e. The number of amides is 1. The molecule has 3 aromatic rings. The molecule has 176 valence electrons. The molecule has 1 atom stereocenters. The van der Waals surface area contributed by atoms with E-state index in [9.17, 15) is 4.79 Å². The summed E-state index contributed by atoms with van der Waals surface area (Å²) in [6.07, 6.45) is 12.5. The van der Waals surface area contributed by atoms with Crippen molar-refractivity contribution in [3.05, 3.63) is 59.9 Å². The first kappa shape index (κ1) is 23.5. The van der Waals surface area contributed by atoms with Crippen molar-refractivity contribution in [3.63, 3.8) is 0 Å². The minimum atomic E-state index is 0.143. The van der Waals surface area contributed by atoms with Crippen LogP contribution in [0.15, 0.2) is 48.5 Å². The number of imidazole rings is 1. The third-order valence-corrected chi connectivity index (χ3v) is 6.97. The molecule has 1 aliphatic heterocycles. The average Bonchev–Trinajstić information content (AvgIpc) is 3.38. The molecule has 0 unspecified atom stereocenters. The number of para-hydroxylation sites is 2. The normalized spacial score (nSPS) is 16.2. The van der Waals surface area contributed by atoms with E-state index in [0.717, 1.165) is 23.6 Å². The summed E-state index contributed by atoms with van der Waals surface area (Å²) >= 11 is 0. The third-order valence-electron chi connectivity index (χ3n) is 6.97. The molecule has 1 fully saturated rings. The first-order valence-corrected chi connectivity index (χ1v) is 13.0. The van der Waals surface area contributed by atoms with Gasteiger partial charge in [0.25, 0.3) is 0 Å². The number of rotatable bonds is 12. The highest BCUT2D eigenvalue weighted by atomic mass is 16.2. The van der Waals surface area contributed by atoms with Gasteiger partial charge in [-0.1, -0.05) is 82.6 Å². The average molecular weight is 446 g/mol. The first-order valence-electron chi connectivity index (χ1n) is 13.0. The van der Waals surface area contributed by atoms with E-state index in [0.29, 0.717) is 13.0 Å². The summed E-state index contributed by atoms with van der Waals surface area (Å²) in [6, 6.07) is 16.7. The van der Waals surface area contributed by atoms with Gasteiger partial charge < -0.3 is 9.47 Å². The van der Waals surface area contributed by atoms with E-state index >= 15 is 0 Å². The topological polar surface area (TPSA) is 38.1 Å². The Hall–Kier alpha value is -2.62. The lowest BCUT2D eigenvalue weighted by Crippen LogP contribution is -2.24. The molecule has 0 spiro atoms. The van der Waals surface area contributed by atoms with Crippen molar-refractivity contribution in [2.45, 2.75) is 90.5 Å². The molecule has 1 saturated heterocycles. The maximum atomic E-state index is 12.9. The van der Waals surface area contributed by atoms with Crippen molar-refractivity contribution in [2.75, 3.05) is 11.4 Å². The lowest BCUT2D eigenvalue weighted by atomic mass is 10.1. The first-order chi connectivity index (χ1) is 16.2. The summed E-state index contributed by atoms with van der Waals surface area (Å²) in [5.41, 5.74) is 4.43. The molecule has 4 heteroatoms. The van der Waals surface area contributed by atoms with Crippen LogP contribution in [-0.2, 0) is 11.3 Å². The number of hydrogen-bond acceptors (Lipinski definition) is 2. The quantitative estimate of drug-likeness (QED) is 0.272. The minimum absolute atomic E-state index is 0.143. The number of nitrogens with zero attached hydrogens (tertiary/aromatic N) is 3. The molecule has 4 nitrogen and oxygen atoms in total.